The predicted molar refractivity (Wildman–Crippen MR) is 108 cm³/mol. The first-order valence-corrected chi connectivity index (χ1v) is 10.7. The average Bonchev–Trinajstić information content (AvgIpc) is 3.28. The summed E-state index contributed by atoms with van der Waals surface area (Å²) in [4.78, 5) is 13.0. The van der Waals surface area contributed by atoms with Crippen molar-refractivity contribution in [2.75, 3.05) is 6.61 Å². The number of halogens is 3. The van der Waals surface area contributed by atoms with Crippen LogP contribution < -0.4 is 0 Å². The highest BCUT2D eigenvalue weighted by Crippen LogP contribution is 2.41. The maximum atomic E-state index is 13.7. The van der Waals surface area contributed by atoms with E-state index < -0.39 is 17.9 Å². The summed E-state index contributed by atoms with van der Waals surface area (Å²) in [7, 11) is 0. The number of nitrogens with zero attached hydrogens (tertiary/aromatic N) is 1. The first-order valence-electron chi connectivity index (χ1n) is 10.3. The smallest absolute Gasteiger partial charge is 0.250 e. The number of fused-ring (bicyclic) bond motifs is 1. The van der Waals surface area contributed by atoms with Crippen LogP contribution in [0.4, 0.5) is 8.78 Å². The Kier molecular flexibility index (Phi) is 5.70. The third-order valence-electron chi connectivity index (χ3n) is 6.17. The predicted octanol–water partition coefficient (Wildman–Crippen LogP) is 5.38. The molecule has 1 aliphatic carbocycles. The monoisotopic (exact) mass is 425 g/mol. The first kappa shape index (κ1) is 20.8. The Morgan fingerprint density at radius 2 is 2.14 bits per heavy atom. The molecule has 2 aromatic rings. The summed E-state index contributed by atoms with van der Waals surface area (Å²) in [6.07, 6.45) is 3.75. The number of benzene rings is 1. The van der Waals surface area contributed by atoms with E-state index >= 15 is 0 Å². The van der Waals surface area contributed by atoms with Crippen molar-refractivity contribution in [1.29, 1.82) is 0 Å². The summed E-state index contributed by atoms with van der Waals surface area (Å²) < 4.78 is 35.2. The number of carbonyl (C=O) groups is 1. The second-order valence-electron chi connectivity index (χ2n) is 8.50. The number of ether oxygens (including phenoxy) is 1. The highest BCUT2D eigenvalue weighted by Gasteiger charge is 2.44. The van der Waals surface area contributed by atoms with Crippen LogP contribution in [-0.2, 0) is 11.3 Å². The second-order valence-corrected chi connectivity index (χ2v) is 8.91. The van der Waals surface area contributed by atoms with E-state index in [1.165, 1.54) is 0 Å². The van der Waals surface area contributed by atoms with E-state index in [-0.39, 0.29) is 37.6 Å². The van der Waals surface area contributed by atoms with E-state index in [1.807, 2.05) is 16.7 Å². The maximum absolute atomic E-state index is 13.7. The first-order chi connectivity index (χ1) is 13.8. The summed E-state index contributed by atoms with van der Waals surface area (Å²) in [6, 6.07) is 5.51. The molecule has 2 fully saturated rings. The van der Waals surface area contributed by atoms with Crippen LogP contribution in [0.3, 0.4) is 0 Å². The van der Waals surface area contributed by atoms with Gasteiger partial charge in [-0.2, -0.15) is 0 Å². The van der Waals surface area contributed by atoms with Gasteiger partial charge >= 0.3 is 0 Å². The van der Waals surface area contributed by atoms with Crippen LogP contribution in [0, 0.1) is 0 Å². The quantitative estimate of drug-likeness (QED) is 0.632. The second kappa shape index (κ2) is 7.97. The van der Waals surface area contributed by atoms with Gasteiger partial charge in [0.05, 0.1) is 22.2 Å². The molecule has 0 unspecified atom stereocenters. The molecular weight excluding hydrogens is 400 g/mol. The zero-order chi connectivity index (χ0) is 20.6. The molecule has 0 bridgehead atoms. The molecule has 2 aliphatic rings. The Bertz CT molecular complexity index is 907. The highest BCUT2D eigenvalue weighted by molar-refractivity contribution is 6.37. The lowest BCUT2D eigenvalue weighted by Gasteiger charge is -2.36. The fourth-order valence-electron chi connectivity index (χ4n) is 4.71. The Labute approximate surface area is 173 Å². The molecule has 1 saturated heterocycles. The van der Waals surface area contributed by atoms with Crippen LogP contribution in [0.15, 0.2) is 24.4 Å². The SMILES string of the molecule is O=C(CC[C@]1(O)CCCC(F)(F)C1)c1cn(C[C@@H]2CCCO2)c2cccc(Cl)c12. The minimum Gasteiger partial charge on any atom is -0.390 e. The van der Waals surface area contributed by atoms with Gasteiger partial charge in [-0.1, -0.05) is 17.7 Å². The molecule has 29 heavy (non-hydrogen) atoms. The lowest BCUT2D eigenvalue weighted by Crippen LogP contribution is -2.41. The van der Waals surface area contributed by atoms with E-state index in [0.29, 0.717) is 28.9 Å². The van der Waals surface area contributed by atoms with E-state index in [0.717, 1.165) is 25.0 Å². The number of aliphatic hydroxyl groups is 1. The zero-order valence-electron chi connectivity index (χ0n) is 16.3. The van der Waals surface area contributed by atoms with E-state index in [4.69, 9.17) is 16.3 Å². The molecule has 158 valence electrons. The van der Waals surface area contributed by atoms with Crippen LogP contribution >= 0.6 is 11.6 Å². The van der Waals surface area contributed by atoms with Crippen molar-refractivity contribution in [2.45, 2.75) is 75.5 Å². The lowest BCUT2D eigenvalue weighted by molar-refractivity contribution is -0.126. The standard InChI is InChI=1S/C22H26ClF2NO3/c23-17-5-1-6-18-20(17)16(13-26(18)12-15-4-2-11-29-15)19(27)7-10-21(28)8-3-9-22(24,25)14-21/h1,5-6,13,15,28H,2-4,7-12,14H2/t15-,21+/m0/s1. The van der Waals surface area contributed by atoms with Gasteiger partial charge in [0.1, 0.15) is 0 Å². The number of ketones is 1. The van der Waals surface area contributed by atoms with Gasteiger partial charge in [0, 0.05) is 49.6 Å². The molecule has 1 N–H and O–H groups in total. The molecule has 7 heteroatoms. The van der Waals surface area contributed by atoms with Crippen molar-refractivity contribution in [2.24, 2.45) is 0 Å². The van der Waals surface area contributed by atoms with E-state index in [9.17, 15) is 18.7 Å². The van der Waals surface area contributed by atoms with Crippen molar-refractivity contribution in [3.05, 3.63) is 35.0 Å². The molecule has 0 spiro atoms. The minimum atomic E-state index is -2.86. The largest absolute Gasteiger partial charge is 0.390 e. The van der Waals surface area contributed by atoms with E-state index in [1.54, 1.807) is 12.3 Å². The molecule has 4 rings (SSSR count). The summed E-state index contributed by atoms with van der Waals surface area (Å²) in [6.45, 7) is 1.39. The summed E-state index contributed by atoms with van der Waals surface area (Å²) in [5.74, 6) is -3.05. The van der Waals surface area contributed by atoms with Crippen molar-refractivity contribution < 1.29 is 23.4 Å². The number of hydrogen-bond donors (Lipinski definition) is 1. The van der Waals surface area contributed by atoms with Gasteiger partial charge in [-0.15, -0.1) is 0 Å². The fourth-order valence-corrected chi connectivity index (χ4v) is 4.98. The van der Waals surface area contributed by atoms with Gasteiger partial charge in [0.2, 0.25) is 0 Å². The van der Waals surface area contributed by atoms with Crippen LogP contribution in [0.1, 0.15) is 61.7 Å². The molecule has 0 amide bonds. The summed E-state index contributed by atoms with van der Waals surface area (Å²) >= 11 is 6.40. The minimum absolute atomic E-state index is 0.0108. The van der Waals surface area contributed by atoms with Gasteiger partial charge in [-0.05, 0) is 44.2 Å². The average molecular weight is 426 g/mol. The van der Waals surface area contributed by atoms with Crippen molar-refractivity contribution in [3.8, 4) is 0 Å². The molecule has 2 heterocycles. The van der Waals surface area contributed by atoms with Crippen LogP contribution in [0.2, 0.25) is 5.02 Å². The summed E-state index contributed by atoms with van der Waals surface area (Å²) in [5.41, 5.74) is -0.147. The number of Topliss-reactive ketones (excluding diaryl/α,β-unsaturated/α-hetero) is 1. The third-order valence-corrected chi connectivity index (χ3v) is 6.48. The Morgan fingerprint density at radius 3 is 2.86 bits per heavy atom. The van der Waals surface area contributed by atoms with Gasteiger partial charge in [0.25, 0.3) is 5.92 Å². The molecule has 1 aliphatic heterocycles. The molecule has 1 aromatic heterocycles. The number of hydrogen-bond acceptors (Lipinski definition) is 3. The fraction of sp³-hybridized carbons (Fsp3) is 0.591. The van der Waals surface area contributed by atoms with Crippen LogP contribution in [0.5, 0.6) is 0 Å². The van der Waals surface area contributed by atoms with Crippen molar-refractivity contribution >= 4 is 28.3 Å². The van der Waals surface area contributed by atoms with Gasteiger partial charge in [-0.3, -0.25) is 4.79 Å². The Balaban J connectivity index is 1.55. The molecule has 1 saturated carbocycles. The maximum Gasteiger partial charge on any atom is 0.250 e. The molecule has 2 atom stereocenters. The van der Waals surface area contributed by atoms with Gasteiger partial charge < -0.3 is 14.4 Å². The van der Waals surface area contributed by atoms with Gasteiger partial charge in [-0.25, -0.2) is 8.78 Å². The van der Waals surface area contributed by atoms with Crippen molar-refractivity contribution in [1.82, 2.24) is 4.57 Å². The van der Waals surface area contributed by atoms with Crippen molar-refractivity contribution in [3.63, 3.8) is 0 Å². The number of rotatable bonds is 6. The van der Waals surface area contributed by atoms with Gasteiger partial charge in [0.15, 0.2) is 5.78 Å². The lowest BCUT2D eigenvalue weighted by atomic mass is 9.79. The zero-order valence-corrected chi connectivity index (χ0v) is 17.1. The summed E-state index contributed by atoms with van der Waals surface area (Å²) in [5, 5.41) is 11.8. The third kappa shape index (κ3) is 4.49. The number of aromatic nitrogens is 1. The number of alkyl halides is 2. The topological polar surface area (TPSA) is 51.5 Å². The molecule has 1 aromatic carbocycles. The molecule has 4 nitrogen and oxygen atoms in total. The Morgan fingerprint density at radius 1 is 1.31 bits per heavy atom. The Hall–Kier alpha value is -1.50. The van der Waals surface area contributed by atoms with E-state index in [2.05, 4.69) is 0 Å². The number of carbonyl (C=O) groups excluding carboxylic acids is 1. The highest BCUT2D eigenvalue weighted by atomic mass is 35.5. The van der Waals surface area contributed by atoms with Crippen LogP contribution in [0.25, 0.3) is 10.9 Å². The molecule has 0 radical (unpaired) electrons. The molecular formula is C22H26ClF2NO3. The van der Waals surface area contributed by atoms with Crippen LogP contribution in [-0.4, -0.2) is 39.7 Å². The normalized spacial score (nSPS) is 26.8.